The van der Waals surface area contributed by atoms with E-state index in [-0.39, 0.29) is 6.61 Å². The summed E-state index contributed by atoms with van der Waals surface area (Å²) in [4.78, 5) is 31.4. The molecule has 1 amide bonds. The van der Waals surface area contributed by atoms with E-state index in [9.17, 15) is 14.7 Å². The molecule has 1 aliphatic heterocycles. The lowest BCUT2D eigenvalue weighted by Gasteiger charge is -2.35. The van der Waals surface area contributed by atoms with Crippen LogP contribution in [0.4, 0.5) is 4.79 Å². The minimum Gasteiger partial charge on any atom is -0.479 e. The summed E-state index contributed by atoms with van der Waals surface area (Å²) in [5.41, 5.74) is 4.10. The van der Waals surface area contributed by atoms with Crippen LogP contribution >= 0.6 is 22.9 Å². The molecule has 0 saturated carbocycles. The summed E-state index contributed by atoms with van der Waals surface area (Å²) < 4.78 is 11.3. The van der Waals surface area contributed by atoms with E-state index < -0.39 is 24.2 Å². The van der Waals surface area contributed by atoms with E-state index in [1.807, 2.05) is 30.3 Å². The van der Waals surface area contributed by atoms with Crippen LogP contribution in [0.25, 0.3) is 0 Å². The van der Waals surface area contributed by atoms with E-state index in [0.717, 1.165) is 16.1 Å². The smallest absolute Gasteiger partial charge is 0.410 e. The molecule has 166 valence electrons. The summed E-state index contributed by atoms with van der Waals surface area (Å²) in [5.74, 6) is -0.747. The van der Waals surface area contributed by atoms with Gasteiger partial charge in [0.15, 0.2) is 6.10 Å². The monoisotopic (exact) mass is 472 g/mol. The maximum absolute atomic E-state index is 13.1. The minimum absolute atomic E-state index is 0.146. The van der Waals surface area contributed by atoms with Crippen LogP contribution in [0.5, 0.6) is 5.75 Å². The number of hydrogen-bond donors (Lipinski definition) is 1. The Morgan fingerprint density at radius 2 is 2.06 bits per heavy atom. The molecule has 3 aromatic rings. The Kier molecular flexibility index (Phi) is 6.62. The minimum atomic E-state index is -1.09. The Bertz CT molecular complexity index is 1120. The molecule has 0 aliphatic carbocycles. The van der Waals surface area contributed by atoms with Crippen molar-refractivity contribution >= 4 is 35.0 Å². The second-order valence-corrected chi connectivity index (χ2v) is 8.65. The molecule has 2 heterocycles. The SMILES string of the molecule is C[C@H](Oc1ccc(Cl)cc1C1c2scnc2CCN1C(=O)OCc1ccccc1)C(=O)O. The van der Waals surface area contributed by atoms with E-state index in [1.165, 1.54) is 18.3 Å². The maximum Gasteiger partial charge on any atom is 0.410 e. The Labute approximate surface area is 194 Å². The summed E-state index contributed by atoms with van der Waals surface area (Å²) in [6.07, 6.45) is -0.953. The largest absolute Gasteiger partial charge is 0.479 e. The lowest BCUT2D eigenvalue weighted by Crippen LogP contribution is -2.40. The van der Waals surface area contributed by atoms with Gasteiger partial charge in [0.2, 0.25) is 0 Å². The molecular weight excluding hydrogens is 452 g/mol. The summed E-state index contributed by atoms with van der Waals surface area (Å²) in [6.45, 7) is 1.99. The number of amides is 1. The topological polar surface area (TPSA) is 89.0 Å². The molecule has 1 unspecified atom stereocenters. The van der Waals surface area contributed by atoms with Crippen molar-refractivity contribution in [3.05, 3.63) is 80.8 Å². The fourth-order valence-electron chi connectivity index (χ4n) is 3.57. The fourth-order valence-corrected chi connectivity index (χ4v) is 4.72. The number of rotatable bonds is 6. The zero-order chi connectivity index (χ0) is 22.7. The molecule has 2 atom stereocenters. The fraction of sp³-hybridized carbons (Fsp3) is 0.261. The highest BCUT2D eigenvalue weighted by Gasteiger charge is 2.37. The molecule has 32 heavy (non-hydrogen) atoms. The average Bonchev–Trinajstić information content (AvgIpc) is 3.27. The van der Waals surface area contributed by atoms with Gasteiger partial charge >= 0.3 is 12.1 Å². The molecule has 0 radical (unpaired) electrons. The predicted octanol–water partition coefficient (Wildman–Crippen LogP) is 4.93. The van der Waals surface area contributed by atoms with Crippen LogP contribution in [0.3, 0.4) is 0 Å². The van der Waals surface area contributed by atoms with E-state index in [1.54, 1.807) is 28.6 Å². The van der Waals surface area contributed by atoms with E-state index in [2.05, 4.69) is 4.98 Å². The van der Waals surface area contributed by atoms with Crippen molar-refractivity contribution in [3.8, 4) is 5.75 Å². The molecule has 2 aromatic carbocycles. The van der Waals surface area contributed by atoms with Gasteiger partial charge in [0.05, 0.1) is 16.1 Å². The molecule has 0 fully saturated rings. The summed E-state index contributed by atoms with van der Waals surface area (Å²) in [6, 6.07) is 13.8. The first kappa shape index (κ1) is 22.1. The van der Waals surface area contributed by atoms with Gasteiger partial charge < -0.3 is 14.6 Å². The molecule has 9 heteroatoms. The maximum atomic E-state index is 13.1. The van der Waals surface area contributed by atoms with E-state index >= 15 is 0 Å². The number of nitrogens with zero attached hydrogens (tertiary/aromatic N) is 2. The number of thiazole rings is 1. The van der Waals surface area contributed by atoms with Gasteiger partial charge in [-0.1, -0.05) is 41.9 Å². The molecule has 0 bridgehead atoms. The van der Waals surface area contributed by atoms with Gasteiger partial charge in [0.25, 0.3) is 0 Å². The third-order valence-electron chi connectivity index (χ3n) is 5.18. The molecule has 0 spiro atoms. The van der Waals surface area contributed by atoms with Crippen molar-refractivity contribution in [1.29, 1.82) is 0 Å². The molecule has 7 nitrogen and oxygen atoms in total. The number of halogens is 1. The van der Waals surface area contributed by atoms with Gasteiger partial charge in [-0.25, -0.2) is 14.6 Å². The predicted molar refractivity (Wildman–Crippen MR) is 120 cm³/mol. The van der Waals surface area contributed by atoms with Crippen LogP contribution in [0.15, 0.2) is 54.0 Å². The number of benzene rings is 2. The van der Waals surface area contributed by atoms with E-state index in [0.29, 0.717) is 29.3 Å². The molecule has 1 aliphatic rings. The van der Waals surface area contributed by atoms with Crippen LogP contribution in [-0.4, -0.2) is 39.7 Å². The number of carbonyl (C=O) groups excluding carboxylic acids is 1. The number of carbonyl (C=O) groups is 2. The lowest BCUT2D eigenvalue weighted by atomic mass is 9.97. The van der Waals surface area contributed by atoms with Crippen molar-refractivity contribution < 1.29 is 24.2 Å². The second kappa shape index (κ2) is 9.58. The van der Waals surface area contributed by atoms with Crippen molar-refractivity contribution in [2.45, 2.75) is 32.1 Å². The summed E-state index contributed by atoms with van der Waals surface area (Å²) in [5, 5.41) is 9.75. The third kappa shape index (κ3) is 4.71. The highest BCUT2D eigenvalue weighted by Crippen LogP contribution is 2.42. The number of fused-ring (bicyclic) bond motifs is 1. The van der Waals surface area contributed by atoms with Crippen LogP contribution in [0.2, 0.25) is 5.02 Å². The number of aromatic nitrogens is 1. The van der Waals surface area contributed by atoms with Gasteiger partial charge in [0, 0.05) is 23.6 Å². The van der Waals surface area contributed by atoms with Crippen molar-refractivity contribution in [1.82, 2.24) is 9.88 Å². The second-order valence-electron chi connectivity index (χ2n) is 7.33. The van der Waals surface area contributed by atoms with Crippen molar-refractivity contribution in [3.63, 3.8) is 0 Å². The molecule has 4 rings (SSSR count). The standard InChI is InChI=1S/C23H21ClN2O5S/c1-14(22(27)28)31-19-8-7-16(24)11-17(19)20-21-18(25-13-32-21)9-10-26(20)23(29)30-12-15-5-3-2-4-6-15/h2-8,11,13-14,20H,9-10,12H2,1H3,(H,27,28)/t14-,20?/m0/s1. The van der Waals surface area contributed by atoms with E-state index in [4.69, 9.17) is 21.1 Å². The van der Waals surface area contributed by atoms with Crippen molar-refractivity contribution in [2.24, 2.45) is 0 Å². The number of aliphatic carboxylic acids is 1. The van der Waals surface area contributed by atoms with Crippen LogP contribution < -0.4 is 4.74 Å². The zero-order valence-corrected chi connectivity index (χ0v) is 18.8. The van der Waals surface area contributed by atoms with Crippen LogP contribution in [-0.2, 0) is 22.6 Å². The number of carboxylic acids is 1. The average molecular weight is 473 g/mol. The highest BCUT2D eigenvalue weighted by molar-refractivity contribution is 7.09. The quantitative estimate of drug-likeness (QED) is 0.547. The molecular formula is C23H21ClN2O5S. The first-order valence-corrected chi connectivity index (χ1v) is 11.3. The Morgan fingerprint density at radius 1 is 1.28 bits per heavy atom. The molecule has 1 N–H and O–H groups in total. The van der Waals surface area contributed by atoms with Gasteiger partial charge in [0.1, 0.15) is 18.4 Å². The van der Waals surface area contributed by atoms with Crippen molar-refractivity contribution in [2.75, 3.05) is 6.54 Å². The number of carboxylic acid groups (broad SMARTS) is 1. The van der Waals surface area contributed by atoms with Crippen LogP contribution in [0, 0.1) is 0 Å². The van der Waals surface area contributed by atoms with Gasteiger partial charge in [-0.3, -0.25) is 4.90 Å². The van der Waals surface area contributed by atoms with Gasteiger partial charge in [-0.2, -0.15) is 0 Å². The first-order valence-electron chi connectivity index (χ1n) is 10.0. The summed E-state index contributed by atoms with van der Waals surface area (Å²) >= 11 is 7.71. The first-order chi connectivity index (χ1) is 15.4. The normalized spacial score (nSPS) is 16.2. The molecule has 1 aromatic heterocycles. The van der Waals surface area contributed by atoms with Gasteiger partial charge in [-0.15, -0.1) is 11.3 Å². The zero-order valence-electron chi connectivity index (χ0n) is 17.2. The van der Waals surface area contributed by atoms with Gasteiger partial charge in [-0.05, 0) is 30.7 Å². The number of ether oxygens (including phenoxy) is 2. The summed E-state index contributed by atoms with van der Waals surface area (Å²) in [7, 11) is 0. The van der Waals surface area contributed by atoms with Crippen LogP contribution in [0.1, 0.15) is 34.7 Å². The Balaban J connectivity index is 1.68. The Hall–Kier alpha value is -3.10. The lowest BCUT2D eigenvalue weighted by molar-refractivity contribution is -0.144. The molecule has 0 saturated heterocycles. The Morgan fingerprint density at radius 3 is 2.81 bits per heavy atom. The highest BCUT2D eigenvalue weighted by atomic mass is 35.5. The number of hydrogen-bond acceptors (Lipinski definition) is 6. The third-order valence-corrected chi connectivity index (χ3v) is 6.34.